The Labute approximate surface area is 132 Å². The van der Waals surface area contributed by atoms with Gasteiger partial charge in [-0.3, -0.25) is 9.40 Å². The minimum Gasteiger partial charge on any atom is -0.394 e. The Morgan fingerprint density at radius 3 is 2.71 bits per heavy atom. The molecule has 2 N–H and O–H groups in total. The third kappa shape index (κ3) is 3.68. The highest BCUT2D eigenvalue weighted by Gasteiger charge is 2.18. The van der Waals surface area contributed by atoms with Crippen LogP contribution in [-0.4, -0.2) is 29.9 Å². The van der Waals surface area contributed by atoms with Crippen LogP contribution in [-0.2, 0) is 16.6 Å². The summed E-state index contributed by atoms with van der Waals surface area (Å²) in [5, 5.41) is 13.3. The molecule has 1 aromatic heterocycles. The van der Waals surface area contributed by atoms with Crippen molar-refractivity contribution in [1.82, 2.24) is 9.78 Å². The number of benzene rings is 1. The van der Waals surface area contributed by atoms with E-state index in [1.807, 2.05) is 0 Å². The van der Waals surface area contributed by atoms with Crippen LogP contribution in [0.2, 0.25) is 10.0 Å². The van der Waals surface area contributed by atoms with E-state index in [4.69, 9.17) is 28.3 Å². The second kappa shape index (κ2) is 6.23. The van der Waals surface area contributed by atoms with Crippen LogP contribution in [0.5, 0.6) is 0 Å². The van der Waals surface area contributed by atoms with Crippen molar-refractivity contribution in [2.45, 2.75) is 18.4 Å². The summed E-state index contributed by atoms with van der Waals surface area (Å²) < 4.78 is 28.2. The third-order valence-electron chi connectivity index (χ3n) is 2.74. The summed E-state index contributed by atoms with van der Waals surface area (Å²) in [4.78, 5) is -0.0243. The van der Waals surface area contributed by atoms with Crippen molar-refractivity contribution in [3.05, 3.63) is 40.1 Å². The Kier molecular flexibility index (Phi) is 4.77. The van der Waals surface area contributed by atoms with Crippen molar-refractivity contribution in [3.8, 4) is 0 Å². The first-order chi connectivity index (χ1) is 9.83. The topological polar surface area (TPSA) is 84.2 Å². The number of anilines is 1. The summed E-state index contributed by atoms with van der Waals surface area (Å²) in [6, 6.07) is 3.03. The van der Waals surface area contributed by atoms with Gasteiger partial charge in [-0.05, 0) is 24.6 Å². The van der Waals surface area contributed by atoms with Crippen LogP contribution in [0.4, 0.5) is 5.69 Å². The van der Waals surface area contributed by atoms with Gasteiger partial charge in [0.1, 0.15) is 4.90 Å². The van der Waals surface area contributed by atoms with Gasteiger partial charge in [-0.2, -0.15) is 5.10 Å². The van der Waals surface area contributed by atoms with E-state index in [2.05, 4.69) is 9.82 Å². The fourth-order valence-electron chi connectivity index (χ4n) is 1.64. The monoisotopic (exact) mass is 349 g/mol. The molecule has 21 heavy (non-hydrogen) atoms. The molecule has 0 aliphatic carbocycles. The Balaban J connectivity index is 2.30. The maximum Gasteiger partial charge on any atom is 0.265 e. The van der Waals surface area contributed by atoms with Crippen LogP contribution in [0.1, 0.15) is 5.56 Å². The van der Waals surface area contributed by atoms with E-state index < -0.39 is 10.0 Å². The van der Waals surface area contributed by atoms with Crippen LogP contribution in [0.3, 0.4) is 0 Å². The highest BCUT2D eigenvalue weighted by Crippen LogP contribution is 2.30. The van der Waals surface area contributed by atoms with E-state index in [1.54, 1.807) is 13.0 Å². The molecule has 6 nitrogen and oxygen atoms in total. The lowest BCUT2D eigenvalue weighted by molar-refractivity contribution is 0.269. The number of halogens is 2. The molecule has 0 aliphatic heterocycles. The number of aliphatic hydroxyl groups excluding tert-OH is 1. The number of aryl methyl sites for hydroxylation is 1. The van der Waals surface area contributed by atoms with Gasteiger partial charge in [0.25, 0.3) is 10.0 Å². The normalized spacial score (nSPS) is 11.6. The second-order valence-electron chi connectivity index (χ2n) is 4.35. The average Bonchev–Trinajstić information content (AvgIpc) is 2.86. The summed E-state index contributed by atoms with van der Waals surface area (Å²) in [6.45, 7) is 1.85. The summed E-state index contributed by atoms with van der Waals surface area (Å²) >= 11 is 12.0. The molecule has 0 atom stereocenters. The van der Waals surface area contributed by atoms with Crippen LogP contribution >= 0.6 is 23.2 Å². The van der Waals surface area contributed by atoms with Crippen molar-refractivity contribution < 1.29 is 13.5 Å². The second-order valence-corrected chi connectivity index (χ2v) is 6.85. The van der Waals surface area contributed by atoms with Crippen LogP contribution in [0, 0.1) is 6.92 Å². The Morgan fingerprint density at radius 2 is 2.05 bits per heavy atom. The first kappa shape index (κ1) is 16.1. The molecule has 0 bridgehead atoms. The van der Waals surface area contributed by atoms with Crippen LogP contribution < -0.4 is 4.72 Å². The maximum absolute atomic E-state index is 12.2. The van der Waals surface area contributed by atoms with Gasteiger partial charge in [-0.15, -0.1) is 0 Å². The van der Waals surface area contributed by atoms with Gasteiger partial charge in [0.2, 0.25) is 0 Å². The molecule has 9 heteroatoms. The number of aliphatic hydroxyl groups is 1. The van der Waals surface area contributed by atoms with Crippen molar-refractivity contribution >= 4 is 38.9 Å². The molecule has 2 aromatic rings. The van der Waals surface area contributed by atoms with Crippen molar-refractivity contribution in [3.63, 3.8) is 0 Å². The zero-order valence-corrected chi connectivity index (χ0v) is 13.4. The first-order valence-electron chi connectivity index (χ1n) is 5.95. The van der Waals surface area contributed by atoms with Gasteiger partial charge in [0, 0.05) is 11.2 Å². The van der Waals surface area contributed by atoms with E-state index in [1.165, 1.54) is 23.1 Å². The molecule has 0 spiro atoms. The number of nitrogens with one attached hydrogen (secondary N) is 1. The van der Waals surface area contributed by atoms with Crippen molar-refractivity contribution in [1.29, 1.82) is 0 Å². The summed E-state index contributed by atoms with van der Waals surface area (Å²) in [6.07, 6.45) is 2.52. The van der Waals surface area contributed by atoms with Crippen molar-refractivity contribution in [2.24, 2.45) is 0 Å². The molecule has 0 amide bonds. The Hall–Kier alpha value is -1.28. The molecule has 0 unspecified atom stereocenters. The Bertz CT molecular complexity index is 759. The minimum atomic E-state index is -3.82. The highest BCUT2D eigenvalue weighted by atomic mass is 35.5. The SMILES string of the molecule is Cc1cc(Cl)c(NS(=O)(=O)c2cnn(CCO)c2)cc1Cl. The molecule has 0 fully saturated rings. The number of hydrogen-bond acceptors (Lipinski definition) is 4. The van der Waals surface area contributed by atoms with E-state index in [9.17, 15) is 8.42 Å². The summed E-state index contributed by atoms with van der Waals surface area (Å²) in [5.74, 6) is 0. The Morgan fingerprint density at radius 1 is 1.33 bits per heavy atom. The molecule has 0 saturated carbocycles. The lowest BCUT2D eigenvalue weighted by Crippen LogP contribution is -2.13. The van der Waals surface area contributed by atoms with Crippen LogP contribution in [0.25, 0.3) is 0 Å². The van der Waals surface area contributed by atoms with Crippen molar-refractivity contribution in [2.75, 3.05) is 11.3 Å². The molecular formula is C12H13Cl2N3O3S. The maximum atomic E-state index is 12.2. The lowest BCUT2D eigenvalue weighted by Gasteiger charge is -2.10. The standard InChI is InChI=1S/C12H13Cl2N3O3S/c1-8-4-11(14)12(5-10(8)13)16-21(19,20)9-6-15-17(7-9)2-3-18/h4-7,16,18H,2-3H2,1H3. The molecule has 2 rings (SSSR count). The number of hydrogen-bond donors (Lipinski definition) is 2. The van der Waals surface area contributed by atoms with Gasteiger partial charge in [-0.1, -0.05) is 23.2 Å². The predicted molar refractivity (Wildman–Crippen MR) is 81.3 cm³/mol. The number of aromatic nitrogens is 2. The molecular weight excluding hydrogens is 337 g/mol. The quantitative estimate of drug-likeness (QED) is 0.867. The molecule has 1 heterocycles. The number of nitrogens with zero attached hydrogens (tertiary/aromatic N) is 2. The van der Waals surface area contributed by atoms with Gasteiger partial charge < -0.3 is 5.11 Å². The predicted octanol–water partition coefficient (Wildman–Crippen LogP) is 2.29. The minimum absolute atomic E-state index is 0.0243. The summed E-state index contributed by atoms with van der Waals surface area (Å²) in [5.41, 5.74) is 0.947. The zero-order chi connectivity index (χ0) is 15.6. The average molecular weight is 350 g/mol. The molecule has 114 valence electrons. The fraction of sp³-hybridized carbons (Fsp3) is 0.250. The zero-order valence-electron chi connectivity index (χ0n) is 11.0. The number of rotatable bonds is 5. The molecule has 0 saturated heterocycles. The van der Waals surface area contributed by atoms with Gasteiger partial charge in [0.05, 0.1) is 30.1 Å². The smallest absolute Gasteiger partial charge is 0.265 e. The third-order valence-corrected chi connectivity index (χ3v) is 4.78. The van der Waals surface area contributed by atoms with E-state index in [-0.39, 0.29) is 28.8 Å². The van der Waals surface area contributed by atoms with Gasteiger partial charge >= 0.3 is 0 Å². The number of sulfonamides is 1. The molecule has 1 aromatic carbocycles. The van der Waals surface area contributed by atoms with E-state index >= 15 is 0 Å². The van der Waals surface area contributed by atoms with E-state index in [0.717, 1.165) is 5.56 Å². The largest absolute Gasteiger partial charge is 0.394 e. The van der Waals surface area contributed by atoms with Gasteiger partial charge in [-0.25, -0.2) is 8.42 Å². The fourth-order valence-corrected chi connectivity index (χ4v) is 3.14. The highest BCUT2D eigenvalue weighted by molar-refractivity contribution is 7.92. The van der Waals surface area contributed by atoms with E-state index in [0.29, 0.717) is 5.02 Å². The van der Waals surface area contributed by atoms with Crippen LogP contribution in [0.15, 0.2) is 29.4 Å². The summed E-state index contributed by atoms with van der Waals surface area (Å²) in [7, 11) is -3.82. The van der Waals surface area contributed by atoms with Gasteiger partial charge in [0.15, 0.2) is 0 Å². The lowest BCUT2D eigenvalue weighted by atomic mass is 10.2. The first-order valence-corrected chi connectivity index (χ1v) is 8.19. The molecule has 0 radical (unpaired) electrons. The molecule has 0 aliphatic rings.